The van der Waals surface area contributed by atoms with Gasteiger partial charge in [-0.25, -0.2) is 4.39 Å². The number of anilines is 1. The number of rotatable bonds is 4. The normalized spacial score (nSPS) is 24.5. The number of hydrogen-bond donors (Lipinski definition) is 2. The van der Waals surface area contributed by atoms with Crippen LogP contribution >= 0.6 is 0 Å². The van der Waals surface area contributed by atoms with E-state index in [1.165, 1.54) is 0 Å². The van der Waals surface area contributed by atoms with Gasteiger partial charge in [-0.2, -0.15) is 4.98 Å². The van der Waals surface area contributed by atoms with Gasteiger partial charge in [-0.1, -0.05) is 23.4 Å². The lowest BCUT2D eigenvalue weighted by Gasteiger charge is -2.26. The lowest BCUT2D eigenvalue weighted by atomic mass is 9.83. The maximum atomic E-state index is 13.1. The predicted molar refractivity (Wildman–Crippen MR) is 110 cm³/mol. The van der Waals surface area contributed by atoms with Crippen molar-refractivity contribution in [1.29, 1.82) is 0 Å². The lowest BCUT2D eigenvalue weighted by molar-refractivity contribution is -0.114. The van der Waals surface area contributed by atoms with Gasteiger partial charge in [0.15, 0.2) is 0 Å². The quantitative estimate of drug-likeness (QED) is 0.803. The van der Waals surface area contributed by atoms with Crippen molar-refractivity contribution in [3.63, 3.8) is 0 Å². The number of aryl methyl sites for hydroxylation is 1. The molecule has 1 aliphatic carbocycles. The summed E-state index contributed by atoms with van der Waals surface area (Å²) < 4.78 is 18.4. The van der Waals surface area contributed by atoms with Crippen LogP contribution in [0.3, 0.4) is 0 Å². The second kappa shape index (κ2) is 7.12. The number of carbonyl (C=O) groups is 1. The molecule has 5 rings (SSSR count). The van der Waals surface area contributed by atoms with Crippen molar-refractivity contribution >= 4 is 11.6 Å². The molecule has 0 radical (unpaired) electrons. The lowest BCUT2D eigenvalue weighted by Crippen LogP contribution is -2.35. The van der Waals surface area contributed by atoms with Gasteiger partial charge in [-0.05, 0) is 50.0 Å². The highest BCUT2D eigenvalue weighted by Crippen LogP contribution is 2.38. The number of halogens is 1. The van der Waals surface area contributed by atoms with Gasteiger partial charge in [-0.15, -0.1) is 0 Å². The molecule has 0 spiro atoms. The maximum Gasteiger partial charge on any atom is 0.273 e. The molecule has 8 heteroatoms. The van der Waals surface area contributed by atoms with Gasteiger partial charge in [0.25, 0.3) is 5.91 Å². The summed E-state index contributed by atoms with van der Waals surface area (Å²) in [4.78, 5) is 19.3. The summed E-state index contributed by atoms with van der Waals surface area (Å²) in [6, 6.07) is 5.62. The van der Waals surface area contributed by atoms with Crippen LogP contribution in [0.15, 0.2) is 58.5 Å². The smallest absolute Gasteiger partial charge is 0.273 e. The van der Waals surface area contributed by atoms with Gasteiger partial charge in [0.2, 0.25) is 11.7 Å². The Morgan fingerprint density at radius 1 is 1.33 bits per heavy atom. The third-order valence-corrected chi connectivity index (χ3v) is 5.70. The van der Waals surface area contributed by atoms with E-state index in [1.54, 1.807) is 6.20 Å². The molecule has 30 heavy (non-hydrogen) atoms. The predicted octanol–water partition coefficient (Wildman–Crippen LogP) is 3.75. The minimum absolute atomic E-state index is 0.00396. The van der Waals surface area contributed by atoms with Gasteiger partial charge in [0.05, 0.1) is 0 Å². The Hall–Kier alpha value is -3.42. The van der Waals surface area contributed by atoms with Crippen LogP contribution in [0.25, 0.3) is 11.4 Å². The molecule has 1 saturated carbocycles. The van der Waals surface area contributed by atoms with Crippen molar-refractivity contribution < 1.29 is 13.7 Å². The van der Waals surface area contributed by atoms with Crippen molar-refractivity contribution in [3.8, 4) is 11.4 Å². The first-order valence-electron chi connectivity index (χ1n) is 9.99. The van der Waals surface area contributed by atoms with E-state index in [-0.39, 0.29) is 18.0 Å². The number of benzene rings is 1. The van der Waals surface area contributed by atoms with Gasteiger partial charge in [0.1, 0.15) is 18.0 Å². The number of carbonyl (C=O) groups excluding carboxylic acids is 1. The average molecular weight is 407 g/mol. The van der Waals surface area contributed by atoms with Gasteiger partial charge < -0.3 is 20.1 Å². The third-order valence-electron chi connectivity index (χ3n) is 5.70. The molecular weight excluding hydrogens is 385 g/mol. The summed E-state index contributed by atoms with van der Waals surface area (Å²) in [6.45, 7) is 3.92. The number of alkyl halides is 1. The molecule has 1 aromatic carbocycles. The molecule has 1 fully saturated rings. The fourth-order valence-corrected chi connectivity index (χ4v) is 3.81. The Balaban J connectivity index is 1.34. The Morgan fingerprint density at radius 2 is 2.17 bits per heavy atom. The Bertz CT molecular complexity index is 1100. The molecule has 154 valence electrons. The molecule has 0 bridgehead atoms. The Morgan fingerprint density at radius 3 is 2.97 bits per heavy atom. The molecule has 7 nitrogen and oxygen atoms in total. The zero-order chi connectivity index (χ0) is 20.8. The van der Waals surface area contributed by atoms with Crippen molar-refractivity contribution in [3.05, 3.63) is 65.5 Å². The number of fused-ring (bicyclic) bond motifs is 1. The number of aromatic nitrogens is 2. The minimum atomic E-state index is -0.778. The van der Waals surface area contributed by atoms with Crippen molar-refractivity contribution in [2.24, 2.45) is 0 Å². The van der Waals surface area contributed by atoms with Crippen LogP contribution in [0, 0.1) is 6.92 Å². The number of nitrogens with one attached hydrogen (secondary N) is 2. The second-order valence-electron chi connectivity index (χ2n) is 7.99. The topological polar surface area (TPSA) is 83.3 Å². The first-order valence-corrected chi connectivity index (χ1v) is 9.99. The highest BCUT2D eigenvalue weighted by atomic mass is 19.1. The van der Waals surface area contributed by atoms with Crippen LogP contribution in [-0.4, -0.2) is 33.3 Å². The first kappa shape index (κ1) is 18.6. The summed E-state index contributed by atoms with van der Waals surface area (Å²) in [5, 5.41) is 10.2. The van der Waals surface area contributed by atoms with Crippen LogP contribution in [0.5, 0.6) is 0 Å². The third kappa shape index (κ3) is 3.28. The van der Waals surface area contributed by atoms with E-state index in [1.807, 2.05) is 55.3 Å². The van der Waals surface area contributed by atoms with Crippen LogP contribution in [0.2, 0.25) is 0 Å². The highest BCUT2D eigenvalue weighted by molar-refractivity contribution is 6.04. The summed E-state index contributed by atoms with van der Waals surface area (Å²) in [5.41, 5.74) is 3.94. The zero-order valence-electron chi connectivity index (χ0n) is 16.7. The fraction of sp³-hybridized carbons (Fsp3) is 0.318. The van der Waals surface area contributed by atoms with Gasteiger partial charge in [-0.3, -0.25) is 4.79 Å². The molecule has 1 amide bonds. The largest absolute Gasteiger partial charge is 0.366 e. The van der Waals surface area contributed by atoms with Crippen LogP contribution < -0.4 is 10.6 Å². The Kier molecular flexibility index (Phi) is 4.42. The van der Waals surface area contributed by atoms with E-state index < -0.39 is 6.17 Å². The van der Waals surface area contributed by atoms with E-state index in [9.17, 15) is 9.18 Å². The molecule has 2 aromatic rings. The van der Waals surface area contributed by atoms with E-state index in [0.29, 0.717) is 35.9 Å². The molecule has 3 aliphatic rings. The van der Waals surface area contributed by atoms with Crippen LogP contribution in [0.4, 0.5) is 10.1 Å². The second-order valence-corrected chi connectivity index (χ2v) is 7.99. The van der Waals surface area contributed by atoms with Gasteiger partial charge >= 0.3 is 0 Å². The molecule has 3 heterocycles. The summed E-state index contributed by atoms with van der Waals surface area (Å²) in [7, 11) is 0. The molecule has 1 unspecified atom stereocenters. The van der Waals surface area contributed by atoms with Crippen molar-refractivity contribution in [2.45, 2.75) is 44.9 Å². The van der Waals surface area contributed by atoms with E-state index in [2.05, 4.69) is 20.8 Å². The molecular formula is C22H22FN5O2. The summed E-state index contributed by atoms with van der Waals surface area (Å²) in [5.74, 6) is 0.695. The van der Waals surface area contributed by atoms with Crippen LogP contribution in [-0.2, 0) is 4.79 Å². The fourth-order valence-electron chi connectivity index (χ4n) is 3.81. The number of allylic oxidation sites excluding steroid dienone is 2. The molecule has 0 saturated heterocycles. The van der Waals surface area contributed by atoms with Gasteiger partial charge in [0, 0.05) is 29.6 Å². The molecule has 2 N–H and O–H groups in total. The SMILES string of the molecule is CC1=CN2C(C(=O)Nc3cc(-c4noc(C5CC(F)C5)n4)ccc3C)=CNC2C=C1. The standard InChI is InChI=1S/C22H22FN5O2/c1-12-3-6-19-24-10-18(28(19)11-12)21(29)25-17-9-14(5-4-13(17)2)20-26-22(30-27-20)15-7-16(23)8-15/h3-6,9-11,15-16,19,24H,7-8H2,1-2H3,(H,25,29). The summed E-state index contributed by atoms with van der Waals surface area (Å²) >= 11 is 0. The molecule has 1 aromatic heterocycles. The van der Waals surface area contributed by atoms with E-state index in [0.717, 1.165) is 16.7 Å². The number of hydrogen-bond acceptors (Lipinski definition) is 6. The minimum Gasteiger partial charge on any atom is -0.366 e. The highest BCUT2D eigenvalue weighted by Gasteiger charge is 2.34. The molecule has 1 atom stereocenters. The summed E-state index contributed by atoms with van der Waals surface area (Å²) in [6.07, 6.45) is 7.74. The number of amides is 1. The van der Waals surface area contributed by atoms with Crippen molar-refractivity contribution in [2.75, 3.05) is 5.32 Å². The zero-order valence-corrected chi connectivity index (χ0v) is 16.7. The molecule has 2 aliphatic heterocycles. The maximum absolute atomic E-state index is 13.1. The van der Waals surface area contributed by atoms with E-state index >= 15 is 0 Å². The number of nitrogens with zero attached hydrogens (tertiary/aromatic N) is 3. The monoisotopic (exact) mass is 407 g/mol. The first-order chi connectivity index (χ1) is 14.5. The van der Waals surface area contributed by atoms with E-state index in [4.69, 9.17) is 4.52 Å². The average Bonchev–Trinajstić information content (AvgIpc) is 3.34. The Labute approximate surface area is 173 Å². The van der Waals surface area contributed by atoms with Crippen LogP contribution in [0.1, 0.15) is 37.1 Å². The van der Waals surface area contributed by atoms with Crippen molar-refractivity contribution in [1.82, 2.24) is 20.4 Å².